The van der Waals surface area contributed by atoms with Crippen LogP contribution in [0.25, 0.3) is 5.52 Å². The van der Waals surface area contributed by atoms with Crippen LogP contribution in [0.5, 0.6) is 0 Å². The highest BCUT2D eigenvalue weighted by Gasteiger charge is 2.23. The van der Waals surface area contributed by atoms with Gasteiger partial charge in [-0.15, -0.1) is 0 Å². The highest BCUT2D eigenvalue weighted by atomic mass is 35.5. The molecule has 0 fully saturated rings. The summed E-state index contributed by atoms with van der Waals surface area (Å²) in [5.41, 5.74) is 0.252. The summed E-state index contributed by atoms with van der Waals surface area (Å²) >= 11 is 5.90. The summed E-state index contributed by atoms with van der Waals surface area (Å²) < 4.78 is 1.68. The van der Waals surface area contributed by atoms with Crippen molar-refractivity contribution in [3.05, 3.63) is 29.6 Å². The van der Waals surface area contributed by atoms with Crippen molar-refractivity contribution in [1.82, 2.24) is 14.4 Å². The number of halogens is 1. The first-order valence-electron chi connectivity index (χ1n) is 4.20. The molecular formula is C9H10ClN3O. The Hall–Kier alpha value is -1.13. The van der Waals surface area contributed by atoms with Crippen LogP contribution >= 0.6 is 11.6 Å². The van der Waals surface area contributed by atoms with E-state index in [0.29, 0.717) is 11.0 Å². The standard InChI is InChI=1S/C9H10ClN3O/c1-9(2,14)7-6-5-11-3-4-13(6)8(10)12-7/h3-5,14H,1-2H3. The predicted molar refractivity (Wildman–Crippen MR) is 53.2 cm³/mol. The van der Waals surface area contributed by atoms with Crippen LogP contribution in [0.1, 0.15) is 19.5 Å². The molecule has 0 saturated carbocycles. The average molecular weight is 212 g/mol. The minimum atomic E-state index is -1.01. The molecule has 0 amide bonds. The van der Waals surface area contributed by atoms with E-state index in [1.165, 1.54) is 0 Å². The van der Waals surface area contributed by atoms with E-state index in [9.17, 15) is 5.11 Å². The second kappa shape index (κ2) is 2.93. The SMILES string of the molecule is CC(C)(O)c1nc(Cl)n2ccncc12. The molecular weight excluding hydrogens is 202 g/mol. The first kappa shape index (κ1) is 9.43. The molecule has 0 aliphatic carbocycles. The lowest BCUT2D eigenvalue weighted by atomic mass is 10.1. The minimum absolute atomic E-state index is 0.333. The van der Waals surface area contributed by atoms with Crippen LogP contribution in [0.3, 0.4) is 0 Å². The Morgan fingerprint density at radius 1 is 1.50 bits per heavy atom. The molecule has 74 valence electrons. The molecule has 5 heteroatoms. The van der Waals surface area contributed by atoms with Gasteiger partial charge >= 0.3 is 0 Å². The van der Waals surface area contributed by atoms with Crippen molar-refractivity contribution in [1.29, 1.82) is 0 Å². The van der Waals surface area contributed by atoms with Crippen molar-refractivity contribution in [2.75, 3.05) is 0 Å². The van der Waals surface area contributed by atoms with Gasteiger partial charge in [-0.3, -0.25) is 9.38 Å². The van der Waals surface area contributed by atoms with E-state index >= 15 is 0 Å². The molecule has 2 heterocycles. The van der Waals surface area contributed by atoms with Crippen molar-refractivity contribution >= 4 is 17.1 Å². The monoisotopic (exact) mass is 211 g/mol. The first-order chi connectivity index (χ1) is 6.50. The van der Waals surface area contributed by atoms with Gasteiger partial charge in [-0.05, 0) is 25.4 Å². The molecule has 0 radical (unpaired) electrons. The zero-order valence-electron chi connectivity index (χ0n) is 7.90. The lowest BCUT2D eigenvalue weighted by Gasteiger charge is -2.13. The van der Waals surface area contributed by atoms with Gasteiger partial charge in [0.1, 0.15) is 11.3 Å². The van der Waals surface area contributed by atoms with E-state index < -0.39 is 5.60 Å². The fourth-order valence-electron chi connectivity index (χ4n) is 1.35. The molecule has 0 aromatic carbocycles. The van der Waals surface area contributed by atoms with Crippen LogP contribution in [0.2, 0.25) is 5.28 Å². The smallest absolute Gasteiger partial charge is 0.207 e. The highest BCUT2D eigenvalue weighted by Crippen LogP contribution is 2.25. The van der Waals surface area contributed by atoms with E-state index in [-0.39, 0.29) is 0 Å². The molecule has 0 unspecified atom stereocenters. The predicted octanol–water partition coefficient (Wildman–Crippen LogP) is 1.61. The molecule has 14 heavy (non-hydrogen) atoms. The third-order valence-electron chi connectivity index (χ3n) is 1.98. The number of imidazole rings is 1. The van der Waals surface area contributed by atoms with Crippen LogP contribution < -0.4 is 0 Å². The average Bonchev–Trinajstić information content (AvgIpc) is 2.44. The number of fused-ring (bicyclic) bond motifs is 1. The van der Waals surface area contributed by atoms with Gasteiger partial charge in [-0.25, -0.2) is 4.98 Å². The maximum Gasteiger partial charge on any atom is 0.207 e. The van der Waals surface area contributed by atoms with Crippen molar-refractivity contribution in [3.8, 4) is 0 Å². The van der Waals surface area contributed by atoms with Gasteiger partial charge in [-0.2, -0.15) is 0 Å². The third kappa shape index (κ3) is 1.36. The van der Waals surface area contributed by atoms with Gasteiger partial charge in [0.2, 0.25) is 5.28 Å². The number of aromatic nitrogens is 3. The largest absolute Gasteiger partial charge is 0.384 e. The second-order valence-corrected chi connectivity index (χ2v) is 3.96. The molecule has 2 rings (SSSR count). The van der Waals surface area contributed by atoms with Crippen molar-refractivity contribution in [3.63, 3.8) is 0 Å². The zero-order valence-corrected chi connectivity index (χ0v) is 8.65. The fraction of sp³-hybridized carbons (Fsp3) is 0.333. The van der Waals surface area contributed by atoms with Gasteiger partial charge < -0.3 is 5.11 Å². The van der Waals surface area contributed by atoms with E-state index in [4.69, 9.17) is 11.6 Å². The molecule has 4 nitrogen and oxygen atoms in total. The lowest BCUT2D eigenvalue weighted by molar-refractivity contribution is 0.0759. The summed E-state index contributed by atoms with van der Waals surface area (Å²) in [6, 6.07) is 0. The number of rotatable bonds is 1. The van der Waals surface area contributed by atoms with Gasteiger partial charge in [0.25, 0.3) is 0 Å². The molecule has 0 saturated heterocycles. The number of aliphatic hydroxyl groups is 1. The molecule has 2 aromatic rings. The summed E-state index contributed by atoms with van der Waals surface area (Å²) in [7, 11) is 0. The topological polar surface area (TPSA) is 50.4 Å². The maximum atomic E-state index is 9.84. The van der Waals surface area contributed by atoms with Crippen LogP contribution in [0, 0.1) is 0 Å². The summed E-state index contributed by atoms with van der Waals surface area (Å²) in [6.45, 7) is 3.33. The molecule has 1 N–H and O–H groups in total. The summed E-state index contributed by atoms with van der Waals surface area (Å²) in [5.74, 6) is 0. The van der Waals surface area contributed by atoms with Crippen molar-refractivity contribution in [2.24, 2.45) is 0 Å². The van der Waals surface area contributed by atoms with E-state index in [0.717, 1.165) is 5.52 Å². The fourth-order valence-corrected chi connectivity index (χ4v) is 1.58. The number of nitrogens with zero attached hydrogens (tertiary/aromatic N) is 3. The van der Waals surface area contributed by atoms with E-state index in [1.54, 1.807) is 36.8 Å². The van der Waals surface area contributed by atoms with Crippen LogP contribution in [-0.4, -0.2) is 19.5 Å². The van der Waals surface area contributed by atoms with E-state index in [2.05, 4.69) is 9.97 Å². The van der Waals surface area contributed by atoms with Crippen LogP contribution in [0.15, 0.2) is 18.6 Å². The van der Waals surface area contributed by atoms with Gasteiger partial charge in [0.15, 0.2) is 0 Å². The second-order valence-electron chi connectivity index (χ2n) is 3.62. The quantitative estimate of drug-likeness (QED) is 0.780. The Kier molecular flexibility index (Phi) is 1.97. The first-order valence-corrected chi connectivity index (χ1v) is 4.58. The van der Waals surface area contributed by atoms with Crippen LogP contribution in [-0.2, 0) is 5.60 Å². The summed E-state index contributed by atoms with van der Waals surface area (Å²) in [6.07, 6.45) is 4.96. The van der Waals surface area contributed by atoms with Gasteiger partial charge in [-0.1, -0.05) is 0 Å². The molecule has 0 aliphatic heterocycles. The van der Waals surface area contributed by atoms with E-state index in [1.807, 2.05) is 0 Å². The molecule has 2 aromatic heterocycles. The van der Waals surface area contributed by atoms with Crippen LogP contribution in [0.4, 0.5) is 0 Å². The van der Waals surface area contributed by atoms with Crippen molar-refractivity contribution < 1.29 is 5.11 Å². The Morgan fingerprint density at radius 2 is 2.21 bits per heavy atom. The Labute approximate surface area is 86.2 Å². The minimum Gasteiger partial charge on any atom is -0.384 e. The number of hydrogen-bond donors (Lipinski definition) is 1. The van der Waals surface area contributed by atoms with Crippen molar-refractivity contribution in [2.45, 2.75) is 19.4 Å². The Morgan fingerprint density at radius 3 is 2.86 bits per heavy atom. The van der Waals surface area contributed by atoms with Gasteiger partial charge in [0.05, 0.1) is 11.7 Å². The molecule has 0 bridgehead atoms. The number of hydrogen-bond acceptors (Lipinski definition) is 3. The molecule has 0 atom stereocenters. The van der Waals surface area contributed by atoms with Gasteiger partial charge in [0, 0.05) is 12.4 Å². The zero-order chi connectivity index (χ0) is 10.3. The highest BCUT2D eigenvalue weighted by molar-refractivity contribution is 6.28. The maximum absolute atomic E-state index is 9.84. The molecule has 0 spiro atoms. The summed E-state index contributed by atoms with van der Waals surface area (Å²) in [5, 5.41) is 10.2. The third-order valence-corrected chi connectivity index (χ3v) is 2.25. The summed E-state index contributed by atoms with van der Waals surface area (Å²) in [4.78, 5) is 8.07. The normalized spacial score (nSPS) is 12.3. The Balaban J connectivity index is 2.80. The molecule has 0 aliphatic rings. The lowest BCUT2D eigenvalue weighted by Crippen LogP contribution is -2.16. The Bertz CT molecular complexity index is 472.